The Morgan fingerprint density at radius 3 is 2.94 bits per heavy atom. The quantitative estimate of drug-likeness (QED) is 0.745. The third-order valence-corrected chi connectivity index (χ3v) is 6.66. The summed E-state index contributed by atoms with van der Waals surface area (Å²) in [5.41, 5.74) is 1.27. The first-order chi connectivity index (χ1) is 14.9. The molecule has 0 spiro atoms. The molecule has 0 aromatic carbocycles. The van der Waals surface area contributed by atoms with Crippen LogP contribution in [-0.2, 0) is 14.3 Å². The van der Waals surface area contributed by atoms with Gasteiger partial charge < -0.3 is 15.0 Å². The lowest BCUT2D eigenvalue weighted by molar-refractivity contribution is -0.142. The number of fused-ring (bicyclic) bond motifs is 1. The number of carbonyl (C=O) groups is 3. The minimum atomic E-state index is -0.704. The van der Waals surface area contributed by atoms with Gasteiger partial charge in [-0.3, -0.25) is 19.4 Å². The molecule has 2 amide bonds. The zero-order valence-electron chi connectivity index (χ0n) is 17.7. The van der Waals surface area contributed by atoms with Gasteiger partial charge in [0.25, 0.3) is 5.91 Å². The molecule has 2 saturated heterocycles. The van der Waals surface area contributed by atoms with Gasteiger partial charge in [-0.15, -0.1) is 11.3 Å². The largest absolute Gasteiger partial charge is 0.368 e. The molecule has 4 rings (SSSR count). The summed E-state index contributed by atoms with van der Waals surface area (Å²) in [6.07, 6.45) is 5.06. The van der Waals surface area contributed by atoms with Crippen LogP contribution in [0.25, 0.3) is 10.4 Å². The molecule has 0 saturated carbocycles. The Labute approximate surface area is 185 Å². The topological polar surface area (TPSA) is 88.6 Å². The Hall–Kier alpha value is -2.58. The van der Waals surface area contributed by atoms with Crippen LogP contribution in [-0.4, -0.2) is 58.8 Å². The SMILES string of the molecule is CC(C)CC(NC(=O)c1cncc(-c2cccs2)c1)C(=O)N1CCC[C@@H]2OCC(=O)C21. The summed E-state index contributed by atoms with van der Waals surface area (Å²) in [6, 6.07) is 4.48. The normalized spacial score (nSPS) is 21.8. The van der Waals surface area contributed by atoms with E-state index in [1.54, 1.807) is 28.5 Å². The van der Waals surface area contributed by atoms with Crippen molar-refractivity contribution in [2.45, 2.75) is 51.3 Å². The second kappa shape index (κ2) is 9.28. The molecular weight excluding hydrogens is 414 g/mol. The lowest BCUT2D eigenvalue weighted by Gasteiger charge is -2.37. The van der Waals surface area contributed by atoms with Crippen molar-refractivity contribution in [3.8, 4) is 10.4 Å². The molecule has 2 fully saturated rings. The van der Waals surface area contributed by atoms with Crippen LogP contribution in [0.3, 0.4) is 0 Å². The zero-order valence-corrected chi connectivity index (χ0v) is 18.6. The highest BCUT2D eigenvalue weighted by Crippen LogP contribution is 2.28. The highest BCUT2D eigenvalue weighted by molar-refractivity contribution is 7.13. The number of carbonyl (C=O) groups excluding carboxylic acids is 3. The molecule has 0 aliphatic carbocycles. The van der Waals surface area contributed by atoms with Crippen LogP contribution in [0.2, 0.25) is 0 Å². The standard InChI is InChI=1S/C23H27N3O4S/c1-14(2)9-17(23(29)26-7-3-5-19-21(26)18(27)13-30-19)25-22(28)16-10-15(11-24-12-16)20-6-4-8-31-20/h4,6,8,10-12,14,17,19,21H,3,5,7,9,13H2,1-2H3,(H,25,28)/t17?,19-,21?/m0/s1. The molecule has 2 aromatic rings. The van der Waals surface area contributed by atoms with E-state index < -0.39 is 12.1 Å². The summed E-state index contributed by atoms with van der Waals surface area (Å²) in [4.78, 5) is 45.7. The Morgan fingerprint density at radius 2 is 2.19 bits per heavy atom. The van der Waals surface area contributed by atoms with E-state index in [1.807, 2.05) is 31.4 Å². The summed E-state index contributed by atoms with van der Waals surface area (Å²) in [6.45, 7) is 4.58. The van der Waals surface area contributed by atoms with Gasteiger partial charge in [-0.2, -0.15) is 0 Å². The second-order valence-corrected chi connectivity index (χ2v) is 9.48. The lowest BCUT2D eigenvalue weighted by atomic mass is 9.95. The Balaban J connectivity index is 1.53. The maximum Gasteiger partial charge on any atom is 0.253 e. The van der Waals surface area contributed by atoms with Gasteiger partial charge in [0.1, 0.15) is 18.7 Å². The fourth-order valence-corrected chi connectivity index (χ4v) is 5.02. The van der Waals surface area contributed by atoms with Crippen LogP contribution in [0, 0.1) is 5.92 Å². The lowest BCUT2D eigenvalue weighted by Crippen LogP contribution is -2.58. The molecule has 31 heavy (non-hydrogen) atoms. The van der Waals surface area contributed by atoms with Gasteiger partial charge in [-0.05, 0) is 42.7 Å². The fraction of sp³-hybridized carbons (Fsp3) is 0.478. The van der Waals surface area contributed by atoms with Gasteiger partial charge in [0.2, 0.25) is 5.91 Å². The van der Waals surface area contributed by atoms with Crippen LogP contribution < -0.4 is 5.32 Å². The van der Waals surface area contributed by atoms with E-state index in [0.717, 1.165) is 23.3 Å². The number of amides is 2. The van der Waals surface area contributed by atoms with E-state index in [1.165, 1.54) is 6.20 Å². The molecule has 2 unspecified atom stereocenters. The van der Waals surface area contributed by atoms with E-state index in [9.17, 15) is 14.4 Å². The molecule has 1 N–H and O–H groups in total. The number of likely N-dealkylation sites (tertiary alicyclic amines) is 1. The minimum Gasteiger partial charge on any atom is -0.368 e. The first-order valence-corrected chi connectivity index (χ1v) is 11.6. The molecule has 2 aliphatic rings. The minimum absolute atomic E-state index is 0.0551. The molecule has 3 atom stereocenters. The number of rotatable bonds is 6. The van der Waals surface area contributed by atoms with Crippen molar-refractivity contribution < 1.29 is 19.1 Å². The molecular formula is C23H27N3O4S. The van der Waals surface area contributed by atoms with Crippen molar-refractivity contribution >= 4 is 28.9 Å². The molecule has 4 heterocycles. The van der Waals surface area contributed by atoms with E-state index in [4.69, 9.17) is 4.74 Å². The molecule has 2 aliphatic heterocycles. The summed E-state index contributed by atoms with van der Waals surface area (Å²) < 4.78 is 5.57. The molecule has 8 heteroatoms. The number of thiophene rings is 1. The van der Waals surface area contributed by atoms with Crippen molar-refractivity contribution in [2.24, 2.45) is 5.92 Å². The van der Waals surface area contributed by atoms with Crippen molar-refractivity contribution in [1.29, 1.82) is 0 Å². The van der Waals surface area contributed by atoms with Crippen LogP contribution in [0.5, 0.6) is 0 Å². The van der Waals surface area contributed by atoms with Gasteiger partial charge in [-0.1, -0.05) is 19.9 Å². The monoisotopic (exact) mass is 441 g/mol. The average Bonchev–Trinajstić information content (AvgIpc) is 3.43. The maximum absolute atomic E-state index is 13.4. The number of hydrogen-bond acceptors (Lipinski definition) is 6. The third kappa shape index (κ3) is 4.70. The van der Waals surface area contributed by atoms with Crippen LogP contribution >= 0.6 is 11.3 Å². The number of piperidine rings is 1. The summed E-state index contributed by atoms with van der Waals surface area (Å²) >= 11 is 1.58. The number of ketones is 1. The Bertz CT molecular complexity index is 959. The first kappa shape index (κ1) is 21.6. The third-order valence-electron chi connectivity index (χ3n) is 5.74. The molecule has 0 radical (unpaired) electrons. The van der Waals surface area contributed by atoms with Gasteiger partial charge in [0.05, 0.1) is 11.7 Å². The van der Waals surface area contributed by atoms with Gasteiger partial charge >= 0.3 is 0 Å². The molecule has 2 aromatic heterocycles. The predicted octanol–water partition coefficient (Wildman–Crippen LogP) is 2.91. The predicted molar refractivity (Wildman–Crippen MR) is 118 cm³/mol. The summed E-state index contributed by atoms with van der Waals surface area (Å²) in [5.74, 6) is -0.410. The Kier molecular flexibility index (Phi) is 6.48. The van der Waals surface area contributed by atoms with Crippen molar-refractivity contribution in [1.82, 2.24) is 15.2 Å². The number of nitrogens with zero attached hydrogens (tertiary/aromatic N) is 2. The van der Waals surface area contributed by atoms with Crippen LogP contribution in [0.15, 0.2) is 36.0 Å². The number of hydrogen-bond donors (Lipinski definition) is 1. The van der Waals surface area contributed by atoms with Crippen molar-refractivity contribution in [3.05, 3.63) is 41.5 Å². The van der Waals surface area contributed by atoms with Crippen LogP contribution in [0.4, 0.5) is 0 Å². The molecule has 0 bridgehead atoms. The van der Waals surface area contributed by atoms with Crippen molar-refractivity contribution in [3.63, 3.8) is 0 Å². The van der Waals surface area contributed by atoms with E-state index in [-0.39, 0.29) is 36.2 Å². The molecule has 7 nitrogen and oxygen atoms in total. The summed E-state index contributed by atoms with van der Waals surface area (Å²) in [5, 5.41) is 4.88. The average molecular weight is 442 g/mol. The van der Waals surface area contributed by atoms with Crippen molar-refractivity contribution in [2.75, 3.05) is 13.2 Å². The first-order valence-electron chi connectivity index (χ1n) is 10.7. The van der Waals surface area contributed by atoms with E-state index in [0.29, 0.717) is 18.5 Å². The number of nitrogens with one attached hydrogen (secondary N) is 1. The smallest absolute Gasteiger partial charge is 0.253 e. The highest BCUT2D eigenvalue weighted by Gasteiger charge is 2.45. The van der Waals surface area contributed by atoms with Gasteiger partial charge in [0.15, 0.2) is 5.78 Å². The molecule has 164 valence electrons. The number of ether oxygens (including phenoxy) is 1. The van der Waals surface area contributed by atoms with E-state index in [2.05, 4.69) is 10.3 Å². The van der Waals surface area contributed by atoms with E-state index >= 15 is 0 Å². The van der Waals surface area contributed by atoms with Crippen LogP contribution in [0.1, 0.15) is 43.5 Å². The number of pyridine rings is 1. The Morgan fingerprint density at radius 1 is 1.35 bits per heavy atom. The zero-order chi connectivity index (χ0) is 22.0. The highest BCUT2D eigenvalue weighted by atomic mass is 32.1. The van der Waals surface area contributed by atoms with Gasteiger partial charge in [0, 0.05) is 29.4 Å². The summed E-state index contributed by atoms with van der Waals surface area (Å²) in [7, 11) is 0. The fourth-order valence-electron chi connectivity index (χ4n) is 4.31. The number of Topliss-reactive ketones (excluding diaryl/α,β-unsaturated/α-hetero) is 1. The maximum atomic E-state index is 13.4. The second-order valence-electron chi connectivity index (χ2n) is 8.53. The number of aromatic nitrogens is 1. The van der Waals surface area contributed by atoms with Gasteiger partial charge in [-0.25, -0.2) is 0 Å².